The molecule has 19 heavy (non-hydrogen) atoms. The van der Waals surface area contributed by atoms with Crippen LogP contribution < -0.4 is 5.73 Å². The second kappa shape index (κ2) is 4.48. The van der Waals surface area contributed by atoms with Gasteiger partial charge in [-0.3, -0.25) is 0 Å². The molecule has 6 atom stereocenters. The maximum absolute atomic E-state index is 6.24. The van der Waals surface area contributed by atoms with Crippen LogP contribution in [0.5, 0.6) is 0 Å². The van der Waals surface area contributed by atoms with Crippen molar-refractivity contribution < 1.29 is 0 Å². The fourth-order valence-corrected chi connectivity index (χ4v) is 5.95. The zero-order valence-electron chi connectivity index (χ0n) is 13.4. The molecule has 0 amide bonds. The molecule has 0 aromatic heterocycles. The normalized spacial score (nSPS) is 53.2. The fraction of sp³-hybridized carbons (Fsp3) is 1.00. The molecule has 1 heteroatoms. The molecule has 0 aromatic rings. The van der Waals surface area contributed by atoms with Gasteiger partial charge in [-0.2, -0.15) is 0 Å². The fourth-order valence-electron chi connectivity index (χ4n) is 5.95. The van der Waals surface area contributed by atoms with Crippen molar-refractivity contribution in [3.8, 4) is 0 Å². The van der Waals surface area contributed by atoms with Crippen molar-refractivity contribution in [2.24, 2.45) is 40.2 Å². The van der Waals surface area contributed by atoms with Gasteiger partial charge in [-0.25, -0.2) is 0 Å². The highest BCUT2D eigenvalue weighted by molar-refractivity contribution is 5.04. The lowest BCUT2D eigenvalue weighted by Gasteiger charge is -2.60. The van der Waals surface area contributed by atoms with Crippen molar-refractivity contribution in [1.29, 1.82) is 0 Å². The standard InChI is InChI=1S/C18H33N/c1-12-15-6-5-13-11-14(19)7-10-18(13,4)16(15)8-9-17(12,2)3/h12-16H,5-11,19H2,1-4H3. The van der Waals surface area contributed by atoms with Crippen LogP contribution in [-0.2, 0) is 0 Å². The Morgan fingerprint density at radius 2 is 1.68 bits per heavy atom. The van der Waals surface area contributed by atoms with Crippen molar-refractivity contribution in [3.05, 3.63) is 0 Å². The Morgan fingerprint density at radius 3 is 2.42 bits per heavy atom. The molecule has 0 radical (unpaired) electrons. The quantitative estimate of drug-likeness (QED) is 0.679. The molecule has 3 aliphatic carbocycles. The first-order chi connectivity index (χ1) is 8.84. The van der Waals surface area contributed by atoms with Crippen LogP contribution in [0.1, 0.15) is 72.6 Å². The third kappa shape index (κ3) is 2.07. The number of nitrogens with two attached hydrogens (primary N) is 1. The Labute approximate surface area is 119 Å². The molecule has 1 nitrogen and oxygen atoms in total. The molecule has 0 aromatic carbocycles. The molecule has 3 rings (SSSR count). The number of hydrogen-bond acceptors (Lipinski definition) is 1. The monoisotopic (exact) mass is 263 g/mol. The lowest BCUT2D eigenvalue weighted by Crippen LogP contribution is -2.53. The van der Waals surface area contributed by atoms with Crippen LogP contribution in [0.25, 0.3) is 0 Å². The van der Waals surface area contributed by atoms with Gasteiger partial charge in [0.1, 0.15) is 0 Å². The van der Waals surface area contributed by atoms with Crippen molar-refractivity contribution in [2.75, 3.05) is 0 Å². The summed E-state index contributed by atoms with van der Waals surface area (Å²) >= 11 is 0. The van der Waals surface area contributed by atoms with E-state index in [1.54, 1.807) is 0 Å². The number of rotatable bonds is 0. The zero-order chi connectivity index (χ0) is 13.8. The van der Waals surface area contributed by atoms with Crippen molar-refractivity contribution >= 4 is 0 Å². The zero-order valence-corrected chi connectivity index (χ0v) is 13.4. The van der Waals surface area contributed by atoms with E-state index in [-0.39, 0.29) is 0 Å². The molecule has 3 aliphatic rings. The summed E-state index contributed by atoms with van der Waals surface area (Å²) < 4.78 is 0. The van der Waals surface area contributed by atoms with Crippen LogP contribution in [0.4, 0.5) is 0 Å². The van der Waals surface area contributed by atoms with Gasteiger partial charge >= 0.3 is 0 Å². The molecule has 0 aliphatic heterocycles. The molecule has 0 spiro atoms. The highest BCUT2D eigenvalue weighted by Crippen LogP contribution is 2.62. The van der Waals surface area contributed by atoms with Gasteiger partial charge in [0.25, 0.3) is 0 Å². The van der Waals surface area contributed by atoms with Crippen LogP contribution in [-0.4, -0.2) is 6.04 Å². The summed E-state index contributed by atoms with van der Waals surface area (Å²) in [4.78, 5) is 0. The van der Waals surface area contributed by atoms with Gasteiger partial charge in [0.2, 0.25) is 0 Å². The summed E-state index contributed by atoms with van der Waals surface area (Å²) in [6, 6.07) is 0.493. The molecule has 3 saturated carbocycles. The summed E-state index contributed by atoms with van der Waals surface area (Å²) in [5, 5.41) is 0. The lowest BCUT2D eigenvalue weighted by atomic mass is 9.45. The van der Waals surface area contributed by atoms with Gasteiger partial charge in [0.15, 0.2) is 0 Å². The molecular formula is C18H33N. The number of hydrogen-bond donors (Lipinski definition) is 1. The van der Waals surface area contributed by atoms with Gasteiger partial charge in [-0.05, 0) is 79.4 Å². The predicted molar refractivity (Wildman–Crippen MR) is 81.8 cm³/mol. The third-order valence-electron chi connectivity index (χ3n) is 7.76. The van der Waals surface area contributed by atoms with Gasteiger partial charge in [0, 0.05) is 6.04 Å². The summed E-state index contributed by atoms with van der Waals surface area (Å²) in [6.45, 7) is 10.2. The second-order valence-electron chi connectivity index (χ2n) is 8.90. The topological polar surface area (TPSA) is 26.0 Å². The Balaban J connectivity index is 1.85. The van der Waals surface area contributed by atoms with Crippen molar-refractivity contribution in [2.45, 2.75) is 78.7 Å². The van der Waals surface area contributed by atoms with Gasteiger partial charge in [-0.1, -0.05) is 27.7 Å². The van der Waals surface area contributed by atoms with E-state index >= 15 is 0 Å². The van der Waals surface area contributed by atoms with Crippen LogP contribution in [0.2, 0.25) is 0 Å². The number of fused-ring (bicyclic) bond motifs is 3. The van der Waals surface area contributed by atoms with Crippen LogP contribution in [0.3, 0.4) is 0 Å². The summed E-state index contributed by atoms with van der Waals surface area (Å²) in [5.41, 5.74) is 7.42. The molecule has 0 saturated heterocycles. The van der Waals surface area contributed by atoms with E-state index in [1.165, 1.54) is 44.9 Å². The van der Waals surface area contributed by atoms with Gasteiger partial charge in [0.05, 0.1) is 0 Å². The van der Waals surface area contributed by atoms with Crippen LogP contribution >= 0.6 is 0 Å². The first-order valence-corrected chi connectivity index (χ1v) is 8.60. The molecule has 3 fully saturated rings. The Bertz CT molecular complexity index is 348. The van der Waals surface area contributed by atoms with Crippen molar-refractivity contribution in [3.63, 3.8) is 0 Å². The minimum atomic E-state index is 0.493. The average molecular weight is 263 g/mol. The smallest absolute Gasteiger partial charge is 0.00418 e. The highest BCUT2D eigenvalue weighted by Gasteiger charge is 2.54. The first kappa shape index (κ1) is 13.9. The second-order valence-corrected chi connectivity index (χ2v) is 8.90. The Morgan fingerprint density at radius 1 is 0.947 bits per heavy atom. The summed E-state index contributed by atoms with van der Waals surface area (Å²) in [6.07, 6.45) is 9.81. The van der Waals surface area contributed by atoms with E-state index in [2.05, 4.69) is 27.7 Å². The van der Waals surface area contributed by atoms with Crippen LogP contribution in [0.15, 0.2) is 0 Å². The maximum atomic E-state index is 6.24. The molecule has 0 bridgehead atoms. The first-order valence-electron chi connectivity index (χ1n) is 8.60. The van der Waals surface area contributed by atoms with E-state index in [0.29, 0.717) is 16.9 Å². The molecule has 6 unspecified atom stereocenters. The van der Waals surface area contributed by atoms with Crippen molar-refractivity contribution in [1.82, 2.24) is 0 Å². The Hall–Kier alpha value is -0.0400. The molecule has 0 heterocycles. The van der Waals surface area contributed by atoms with E-state index in [4.69, 9.17) is 5.73 Å². The van der Waals surface area contributed by atoms with Crippen LogP contribution in [0, 0.1) is 34.5 Å². The average Bonchev–Trinajstić information content (AvgIpc) is 2.35. The summed E-state index contributed by atoms with van der Waals surface area (Å²) in [5.74, 6) is 3.80. The molecule has 2 N–H and O–H groups in total. The van der Waals surface area contributed by atoms with E-state index in [1.807, 2.05) is 0 Å². The molecule has 110 valence electrons. The summed E-state index contributed by atoms with van der Waals surface area (Å²) in [7, 11) is 0. The highest BCUT2D eigenvalue weighted by atomic mass is 14.7. The maximum Gasteiger partial charge on any atom is 0.00418 e. The van der Waals surface area contributed by atoms with Gasteiger partial charge in [-0.15, -0.1) is 0 Å². The largest absolute Gasteiger partial charge is 0.328 e. The SMILES string of the molecule is CC1C2CCC3CC(N)CCC3(C)C2CCC1(C)C. The Kier molecular flexibility index (Phi) is 3.28. The van der Waals surface area contributed by atoms with E-state index in [0.717, 1.165) is 23.7 Å². The minimum Gasteiger partial charge on any atom is -0.328 e. The van der Waals surface area contributed by atoms with Gasteiger partial charge < -0.3 is 5.73 Å². The lowest BCUT2D eigenvalue weighted by molar-refractivity contribution is -0.105. The molecular weight excluding hydrogens is 230 g/mol. The van der Waals surface area contributed by atoms with E-state index in [9.17, 15) is 0 Å². The van der Waals surface area contributed by atoms with E-state index < -0.39 is 0 Å². The minimum absolute atomic E-state index is 0.493. The predicted octanol–water partition coefficient (Wildman–Crippen LogP) is 4.60. The third-order valence-corrected chi connectivity index (χ3v) is 7.76.